The number of rotatable bonds is 3. The van der Waals surface area contributed by atoms with E-state index in [9.17, 15) is 9.18 Å². The largest absolute Gasteiger partial charge is 0.489 e. The fourth-order valence-corrected chi connectivity index (χ4v) is 2.89. The van der Waals surface area contributed by atoms with Crippen LogP contribution in [0.15, 0.2) is 53.5 Å². The van der Waals surface area contributed by atoms with Crippen LogP contribution in [0.5, 0.6) is 5.75 Å². The third kappa shape index (κ3) is 2.56. The Morgan fingerprint density at radius 1 is 1.17 bits per heavy atom. The summed E-state index contributed by atoms with van der Waals surface area (Å²) >= 11 is 0. The van der Waals surface area contributed by atoms with Crippen LogP contribution < -0.4 is 10.3 Å². The van der Waals surface area contributed by atoms with Gasteiger partial charge in [-0.25, -0.2) is 4.39 Å². The monoisotopic (exact) mass is 323 g/mol. The molecule has 0 saturated carbocycles. The number of ether oxygens (including phenoxy) is 1. The Bertz CT molecular complexity index is 968. The number of halogens is 1. The van der Waals surface area contributed by atoms with E-state index >= 15 is 0 Å². The molecule has 0 spiro atoms. The van der Waals surface area contributed by atoms with Crippen molar-refractivity contribution in [1.29, 1.82) is 0 Å². The third-order valence-corrected chi connectivity index (χ3v) is 4.08. The molecule has 4 rings (SSSR count). The molecule has 0 unspecified atom stereocenters. The van der Waals surface area contributed by atoms with Gasteiger partial charge in [0.2, 0.25) is 0 Å². The number of fused-ring (bicyclic) bond motifs is 3. The van der Waals surface area contributed by atoms with Crippen molar-refractivity contribution in [3.8, 4) is 11.4 Å². The summed E-state index contributed by atoms with van der Waals surface area (Å²) < 4.78 is 20.9. The molecule has 2 heterocycles. The highest BCUT2D eigenvalue weighted by atomic mass is 19.1. The van der Waals surface area contributed by atoms with E-state index < -0.39 is 0 Å². The molecule has 120 valence electrons. The van der Waals surface area contributed by atoms with Gasteiger partial charge in [0, 0.05) is 12.0 Å². The fourth-order valence-electron chi connectivity index (χ4n) is 2.89. The van der Waals surface area contributed by atoms with Crippen molar-refractivity contribution >= 4 is 0 Å². The average Bonchev–Trinajstić information content (AvgIpc) is 2.61. The van der Waals surface area contributed by atoms with Gasteiger partial charge in [-0.2, -0.15) is 5.10 Å². The Morgan fingerprint density at radius 2 is 2.04 bits per heavy atom. The predicted molar refractivity (Wildman–Crippen MR) is 85.8 cm³/mol. The van der Waals surface area contributed by atoms with Crippen LogP contribution in [-0.4, -0.2) is 14.8 Å². The Morgan fingerprint density at radius 3 is 2.92 bits per heavy atom. The second kappa shape index (κ2) is 5.88. The number of hydrogen-bond donors (Lipinski definition) is 0. The zero-order valence-electron chi connectivity index (χ0n) is 12.8. The molecule has 1 aliphatic heterocycles. The van der Waals surface area contributed by atoms with Crippen LogP contribution in [0.4, 0.5) is 4.39 Å². The zero-order chi connectivity index (χ0) is 16.5. The van der Waals surface area contributed by atoms with Crippen molar-refractivity contribution in [3.63, 3.8) is 0 Å². The van der Waals surface area contributed by atoms with Crippen LogP contribution in [0, 0.1) is 5.82 Å². The fraction of sp³-hybridized carbons (Fsp3) is 0.167. The van der Waals surface area contributed by atoms with Crippen LogP contribution in [0.3, 0.4) is 0 Å². The van der Waals surface area contributed by atoms with Gasteiger partial charge in [0.05, 0.1) is 5.69 Å². The highest BCUT2D eigenvalue weighted by Crippen LogP contribution is 2.26. The lowest BCUT2D eigenvalue weighted by Crippen LogP contribution is -2.28. The molecule has 0 amide bonds. The minimum atomic E-state index is -0.283. The summed E-state index contributed by atoms with van der Waals surface area (Å²) in [6, 6.07) is 12.0. The Kier molecular flexibility index (Phi) is 3.57. The van der Waals surface area contributed by atoms with Gasteiger partial charge < -0.3 is 4.74 Å². The highest BCUT2D eigenvalue weighted by molar-refractivity contribution is 5.48. The average molecular weight is 323 g/mol. The maximum atomic E-state index is 13.6. The second-order valence-corrected chi connectivity index (χ2v) is 5.61. The Balaban J connectivity index is 1.62. The first-order chi connectivity index (χ1) is 11.7. The van der Waals surface area contributed by atoms with Crippen molar-refractivity contribution in [1.82, 2.24) is 14.8 Å². The van der Waals surface area contributed by atoms with Crippen LogP contribution in [0.25, 0.3) is 5.69 Å². The van der Waals surface area contributed by atoms with Crippen LogP contribution in [0.2, 0.25) is 0 Å². The molecule has 0 N–H and O–H groups in total. The summed E-state index contributed by atoms with van der Waals surface area (Å²) in [5.41, 5.74) is 2.12. The molecule has 0 radical (unpaired) electrons. The lowest BCUT2D eigenvalue weighted by atomic mass is 10.0. The summed E-state index contributed by atoms with van der Waals surface area (Å²) in [6.07, 6.45) is 2.61. The van der Waals surface area contributed by atoms with Crippen molar-refractivity contribution in [2.75, 3.05) is 0 Å². The van der Waals surface area contributed by atoms with Crippen LogP contribution in [-0.2, 0) is 19.4 Å². The van der Waals surface area contributed by atoms with Gasteiger partial charge >= 0.3 is 0 Å². The molecule has 1 aliphatic rings. The van der Waals surface area contributed by atoms with Crippen molar-refractivity contribution in [2.45, 2.75) is 19.4 Å². The smallest absolute Gasteiger partial charge is 0.276 e. The molecule has 0 aliphatic carbocycles. The van der Waals surface area contributed by atoms with Gasteiger partial charge in [0.15, 0.2) is 0 Å². The Labute approximate surface area is 137 Å². The van der Waals surface area contributed by atoms with E-state index in [1.807, 2.05) is 12.1 Å². The first-order valence-corrected chi connectivity index (χ1v) is 7.65. The van der Waals surface area contributed by atoms with Crippen LogP contribution in [0.1, 0.15) is 17.0 Å². The van der Waals surface area contributed by atoms with Gasteiger partial charge in [0.25, 0.3) is 5.56 Å². The van der Waals surface area contributed by atoms with E-state index in [-0.39, 0.29) is 18.0 Å². The number of aromatic nitrogens is 3. The third-order valence-electron chi connectivity index (χ3n) is 4.08. The first kappa shape index (κ1) is 14.6. The van der Waals surface area contributed by atoms with E-state index in [1.54, 1.807) is 28.8 Å². The summed E-state index contributed by atoms with van der Waals surface area (Å²) in [5.74, 6) is 1.03. The summed E-state index contributed by atoms with van der Waals surface area (Å²) in [5, 5.41) is 7.74. The number of benzene rings is 2. The SMILES string of the molecule is O=c1cnnc2n1-c1ccc(OCc3ccccc3F)cc1CC2. The standard InChI is InChI=1S/C18H14FN3O2/c19-15-4-2-1-3-13(15)11-24-14-6-7-16-12(9-14)5-8-17-21-20-10-18(23)22(16)17/h1-4,6-7,9-10H,5,8,11H2. The topological polar surface area (TPSA) is 57.0 Å². The maximum absolute atomic E-state index is 13.6. The molecule has 24 heavy (non-hydrogen) atoms. The second-order valence-electron chi connectivity index (χ2n) is 5.61. The van der Waals surface area contributed by atoms with E-state index in [2.05, 4.69) is 10.2 Å². The highest BCUT2D eigenvalue weighted by Gasteiger charge is 2.18. The molecule has 0 saturated heterocycles. The normalized spacial score (nSPS) is 12.4. The van der Waals surface area contributed by atoms with E-state index in [4.69, 9.17) is 4.74 Å². The van der Waals surface area contributed by atoms with Gasteiger partial charge in [-0.05, 0) is 36.2 Å². The molecule has 6 heteroatoms. The molecular formula is C18H14FN3O2. The number of nitrogens with zero attached hydrogens (tertiary/aromatic N) is 3. The van der Waals surface area contributed by atoms with Crippen molar-refractivity contribution in [2.24, 2.45) is 0 Å². The maximum Gasteiger partial charge on any atom is 0.276 e. The molecular weight excluding hydrogens is 309 g/mol. The molecule has 1 aromatic heterocycles. The number of hydrogen-bond acceptors (Lipinski definition) is 4. The summed E-state index contributed by atoms with van der Waals surface area (Å²) in [6.45, 7) is 0.160. The van der Waals surface area contributed by atoms with Crippen molar-refractivity contribution in [3.05, 3.63) is 81.8 Å². The lowest BCUT2D eigenvalue weighted by Gasteiger charge is -2.20. The predicted octanol–water partition coefficient (Wildman–Crippen LogP) is 2.44. The lowest BCUT2D eigenvalue weighted by molar-refractivity contribution is 0.299. The summed E-state index contributed by atoms with van der Waals surface area (Å²) in [7, 11) is 0. The molecule has 3 aromatic rings. The van der Waals surface area contributed by atoms with Gasteiger partial charge in [-0.3, -0.25) is 9.36 Å². The van der Waals surface area contributed by atoms with E-state index in [0.717, 1.165) is 17.7 Å². The Hall–Kier alpha value is -3.02. The first-order valence-electron chi connectivity index (χ1n) is 7.65. The molecule has 2 aromatic carbocycles. The minimum Gasteiger partial charge on any atom is -0.489 e. The van der Waals surface area contributed by atoms with Gasteiger partial charge in [-0.1, -0.05) is 18.2 Å². The zero-order valence-corrected chi connectivity index (χ0v) is 12.8. The quantitative estimate of drug-likeness (QED) is 0.743. The van der Waals surface area contributed by atoms with Crippen LogP contribution >= 0.6 is 0 Å². The van der Waals surface area contributed by atoms with Crippen molar-refractivity contribution < 1.29 is 9.13 Å². The molecule has 0 fully saturated rings. The number of aryl methyl sites for hydroxylation is 2. The van der Waals surface area contributed by atoms with Gasteiger partial charge in [0.1, 0.15) is 30.2 Å². The minimum absolute atomic E-state index is 0.160. The van der Waals surface area contributed by atoms with E-state index in [0.29, 0.717) is 23.6 Å². The molecule has 0 atom stereocenters. The molecule has 5 nitrogen and oxygen atoms in total. The van der Waals surface area contributed by atoms with E-state index in [1.165, 1.54) is 12.3 Å². The van der Waals surface area contributed by atoms with Gasteiger partial charge in [-0.15, -0.1) is 5.10 Å². The summed E-state index contributed by atoms with van der Waals surface area (Å²) in [4.78, 5) is 12.0. The molecule has 0 bridgehead atoms.